The van der Waals surface area contributed by atoms with Crippen LogP contribution in [0.2, 0.25) is 0 Å². The van der Waals surface area contributed by atoms with Gasteiger partial charge < -0.3 is 4.74 Å². The minimum Gasteiger partial charge on any atom is -0.481 e. The SMILES string of the molecule is COc1ncccc1CCC(Br)CBr. The Labute approximate surface area is 101 Å². The molecule has 0 bridgehead atoms. The van der Waals surface area contributed by atoms with Crippen LogP contribution < -0.4 is 4.74 Å². The summed E-state index contributed by atoms with van der Waals surface area (Å²) in [6.45, 7) is 0. The van der Waals surface area contributed by atoms with Gasteiger partial charge in [0.05, 0.1) is 7.11 Å². The lowest BCUT2D eigenvalue weighted by molar-refractivity contribution is 0.392. The molecule has 0 aliphatic heterocycles. The highest BCUT2D eigenvalue weighted by Gasteiger charge is 2.06. The van der Waals surface area contributed by atoms with Crippen molar-refractivity contribution < 1.29 is 4.74 Å². The fourth-order valence-corrected chi connectivity index (χ4v) is 1.74. The van der Waals surface area contributed by atoms with Gasteiger partial charge in [-0.15, -0.1) is 0 Å². The number of pyridine rings is 1. The molecule has 0 saturated carbocycles. The van der Waals surface area contributed by atoms with Crippen molar-refractivity contribution in [3.05, 3.63) is 23.9 Å². The quantitative estimate of drug-likeness (QED) is 0.777. The second-order valence-corrected chi connectivity index (χ2v) is 4.90. The van der Waals surface area contributed by atoms with Crippen molar-refractivity contribution in [2.24, 2.45) is 0 Å². The van der Waals surface area contributed by atoms with Gasteiger partial charge in [0.25, 0.3) is 0 Å². The second-order valence-electron chi connectivity index (χ2n) is 2.96. The predicted octanol–water partition coefficient (Wildman–Crippen LogP) is 3.18. The maximum Gasteiger partial charge on any atom is 0.216 e. The number of halogens is 2. The van der Waals surface area contributed by atoms with E-state index in [-0.39, 0.29) is 0 Å². The van der Waals surface area contributed by atoms with Gasteiger partial charge in [-0.2, -0.15) is 0 Å². The van der Waals surface area contributed by atoms with Crippen LogP contribution in [0.1, 0.15) is 12.0 Å². The van der Waals surface area contributed by atoms with E-state index < -0.39 is 0 Å². The lowest BCUT2D eigenvalue weighted by Crippen LogP contribution is -2.02. The van der Waals surface area contributed by atoms with E-state index in [1.54, 1.807) is 13.3 Å². The summed E-state index contributed by atoms with van der Waals surface area (Å²) >= 11 is 7.00. The maximum absolute atomic E-state index is 5.17. The van der Waals surface area contributed by atoms with Crippen molar-refractivity contribution in [1.29, 1.82) is 0 Å². The van der Waals surface area contributed by atoms with Gasteiger partial charge in [0, 0.05) is 21.9 Å². The molecule has 14 heavy (non-hydrogen) atoms. The normalized spacial score (nSPS) is 12.5. The number of ether oxygens (including phenoxy) is 1. The largest absolute Gasteiger partial charge is 0.481 e. The number of hydrogen-bond acceptors (Lipinski definition) is 2. The Hall–Kier alpha value is -0.0900. The molecule has 1 atom stereocenters. The minimum absolute atomic E-state index is 0.507. The summed E-state index contributed by atoms with van der Waals surface area (Å²) in [6, 6.07) is 4.00. The molecule has 0 N–H and O–H groups in total. The van der Waals surface area contributed by atoms with Crippen LogP contribution in [0.4, 0.5) is 0 Å². The summed E-state index contributed by atoms with van der Waals surface area (Å²) in [5.41, 5.74) is 1.17. The fraction of sp³-hybridized carbons (Fsp3) is 0.500. The molecule has 0 aliphatic rings. The Morgan fingerprint density at radius 1 is 1.57 bits per heavy atom. The molecule has 0 fully saturated rings. The van der Waals surface area contributed by atoms with E-state index in [9.17, 15) is 0 Å². The van der Waals surface area contributed by atoms with Crippen LogP contribution in [-0.4, -0.2) is 22.3 Å². The molecule has 0 amide bonds. The van der Waals surface area contributed by atoms with Gasteiger partial charge in [-0.05, 0) is 18.9 Å². The van der Waals surface area contributed by atoms with Crippen molar-refractivity contribution >= 4 is 31.9 Å². The Morgan fingerprint density at radius 2 is 2.36 bits per heavy atom. The topological polar surface area (TPSA) is 22.1 Å². The van der Waals surface area contributed by atoms with E-state index in [2.05, 4.69) is 42.9 Å². The lowest BCUT2D eigenvalue weighted by Gasteiger charge is -2.08. The van der Waals surface area contributed by atoms with Gasteiger partial charge >= 0.3 is 0 Å². The Bertz CT molecular complexity index is 281. The van der Waals surface area contributed by atoms with Crippen LogP contribution in [0.15, 0.2) is 18.3 Å². The summed E-state index contributed by atoms with van der Waals surface area (Å²) in [5.74, 6) is 0.738. The van der Waals surface area contributed by atoms with E-state index in [0.717, 1.165) is 24.1 Å². The van der Waals surface area contributed by atoms with E-state index in [0.29, 0.717) is 4.83 Å². The highest BCUT2D eigenvalue weighted by molar-refractivity contribution is 9.12. The summed E-state index contributed by atoms with van der Waals surface area (Å²) in [6.07, 6.45) is 3.81. The summed E-state index contributed by atoms with van der Waals surface area (Å²) in [7, 11) is 1.65. The number of alkyl halides is 2. The van der Waals surface area contributed by atoms with Gasteiger partial charge in [0.2, 0.25) is 5.88 Å². The van der Waals surface area contributed by atoms with Crippen molar-refractivity contribution in [1.82, 2.24) is 4.98 Å². The third-order valence-electron chi connectivity index (χ3n) is 1.94. The van der Waals surface area contributed by atoms with Crippen LogP contribution in [0.5, 0.6) is 5.88 Å². The first-order valence-corrected chi connectivity index (χ1v) is 6.49. The zero-order valence-electron chi connectivity index (χ0n) is 8.04. The molecule has 78 valence electrons. The highest BCUT2D eigenvalue weighted by atomic mass is 79.9. The van der Waals surface area contributed by atoms with E-state index in [1.807, 2.05) is 6.07 Å². The molecule has 0 saturated heterocycles. The summed E-state index contributed by atoms with van der Waals surface area (Å²) in [4.78, 5) is 4.66. The summed E-state index contributed by atoms with van der Waals surface area (Å²) < 4.78 is 5.17. The van der Waals surface area contributed by atoms with Gasteiger partial charge in [0.1, 0.15) is 0 Å². The molecule has 1 aromatic rings. The molecular formula is C10H13Br2NO. The van der Waals surface area contributed by atoms with Gasteiger partial charge in [-0.3, -0.25) is 0 Å². The number of nitrogens with zero attached hydrogens (tertiary/aromatic N) is 1. The molecule has 0 aromatic carbocycles. The molecule has 1 heterocycles. The van der Waals surface area contributed by atoms with E-state index in [1.165, 1.54) is 5.56 Å². The third-order valence-corrected chi connectivity index (χ3v) is 4.37. The number of aryl methyl sites for hydroxylation is 1. The molecule has 2 nitrogen and oxygen atoms in total. The van der Waals surface area contributed by atoms with Crippen LogP contribution >= 0.6 is 31.9 Å². The first kappa shape index (κ1) is 12.0. The maximum atomic E-state index is 5.17. The standard InChI is InChI=1S/C10H13Br2NO/c1-14-10-8(3-2-6-13-10)4-5-9(12)7-11/h2-3,6,9H,4-5,7H2,1H3. The van der Waals surface area contributed by atoms with Crippen LogP contribution in [-0.2, 0) is 6.42 Å². The zero-order chi connectivity index (χ0) is 10.4. The summed E-state index contributed by atoms with van der Waals surface area (Å²) in [5, 5.41) is 0.968. The zero-order valence-corrected chi connectivity index (χ0v) is 11.2. The minimum atomic E-state index is 0.507. The van der Waals surface area contributed by atoms with Gasteiger partial charge in [-0.25, -0.2) is 4.98 Å². The number of hydrogen-bond donors (Lipinski definition) is 0. The molecule has 0 aliphatic carbocycles. The Kier molecular flexibility index (Phi) is 5.48. The van der Waals surface area contributed by atoms with E-state index >= 15 is 0 Å². The number of methoxy groups -OCH3 is 1. The van der Waals surface area contributed by atoms with Crippen molar-refractivity contribution in [3.8, 4) is 5.88 Å². The Morgan fingerprint density at radius 3 is 3.00 bits per heavy atom. The first-order valence-electron chi connectivity index (χ1n) is 4.46. The molecule has 4 heteroatoms. The van der Waals surface area contributed by atoms with Crippen LogP contribution in [0.3, 0.4) is 0 Å². The first-order chi connectivity index (χ1) is 6.77. The van der Waals surface area contributed by atoms with Gasteiger partial charge in [-0.1, -0.05) is 37.9 Å². The molecule has 0 spiro atoms. The van der Waals surface area contributed by atoms with Crippen molar-refractivity contribution in [3.63, 3.8) is 0 Å². The van der Waals surface area contributed by atoms with Crippen molar-refractivity contribution in [2.75, 3.05) is 12.4 Å². The molecule has 1 aromatic heterocycles. The lowest BCUT2D eigenvalue weighted by atomic mass is 10.1. The van der Waals surface area contributed by atoms with Crippen molar-refractivity contribution in [2.45, 2.75) is 17.7 Å². The number of rotatable bonds is 5. The third kappa shape index (κ3) is 3.58. The molecule has 1 unspecified atom stereocenters. The predicted molar refractivity (Wildman–Crippen MR) is 65.6 cm³/mol. The smallest absolute Gasteiger partial charge is 0.216 e. The molecular weight excluding hydrogens is 310 g/mol. The van der Waals surface area contributed by atoms with Gasteiger partial charge in [0.15, 0.2) is 0 Å². The fourth-order valence-electron chi connectivity index (χ4n) is 1.19. The second kappa shape index (κ2) is 6.40. The molecule has 1 rings (SSSR count). The van der Waals surface area contributed by atoms with Crippen LogP contribution in [0, 0.1) is 0 Å². The highest BCUT2D eigenvalue weighted by Crippen LogP contribution is 2.19. The average molecular weight is 323 g/mol. The molecule has 0 radical (unpaired) electrons. The number of aromatic nitrogens is 1. The van der Waals surface area contributed by atoms with Crippen LogP contribution in [0.25, 0.3) is 0 Å². The Balaban J connectivity index is 2.57. The average Bonchev–Trinajstić information content (AvgIpc) is 2.26. The van der Waals surface area contributed by atoms with E-state index in [4.69, 9.17) is 4.74 Å². The monoisotopic (exact) mass is 321 g/mol.